The topological polar surface area (TPSA) is 46.9 Å². The highest BCUT2D eigenvalue weighted by atomic mass is 79.9. The van der Waals surface area contributed by atoms with Crippen molar-refractivity contribution in [1.82, 2.24) is 15.1 Å². The Morgan fingerprint density at radius 1 is 1.36 bits per heavy atom. The Morgan fingerprint density at radius 3 is 2.59 bits per heavy atom. The molecule has 118 valence electrons. The standard InChI is InChI=1S/C17H22BrN3O/c1-4-16(14-7-5-12(2)6-8-14)20-17(22)13(3)10-21-11-15(18)9-19-21/h5-9,11,13,16H,4,10H2,1-3H3,(H,20,22). The van der Waals surface area contributed by atoms with E-state index in [4.69, 9.17) is 0 Å². The number of amides is 1. The normalized spacial score (nSPS) is 13.6. The summed E-state index contributed by atoms with van der Waals surface area (Å²) in [4.78, 5) is 12.4. The van der Waals surface area contributed by atoms with Crippen LogP contribution < -0.4 is 5.32 Å². The molecule has 0 saturated heterocycles. The molecule has 1 heterocycles. The Hall–Kier alpha value is -1.62. The monoisotopic (exact) mass is 363 g/mol. The first-order valence-corrected chi connectivity index (χ1v) is 8.33. The zero-order chi connectivity index (χ0) is 16.1. The van der Waals surface area contributed by atoms with Crippen LogP contribution >= 0.6 is 15.9 Å². The molecule has 0 spiro atoms. The minimum Gasteiger partial charge on any atom is -0.349 e. The predicted octanol–water partition coefficient (Wildman–Crippen LogP) is 3.86. The fourth-order valence-corrected chi connectivity index (χ4v) is 2.66. The van der Waals surface area contributed by atoms with Crippen LogP contribution in [0.5, 0.6) is 0 Å². The lowest BCUT2D eigenvalue weighted by Crippen LogP contribution is -2.34. The third-order valence-corrected chi connectivity index (χ3v) is 4.12. The average molecular weight is 364 g/mol. The van der Waals surface area contributed by atoms with E-state index in [9.17, 15) is 4.79 Å². The first-order valence-electron chi connectivity index (χ1n) is 7.54. The first kappa shape index (κ1) is 16.7. The summed E-state index contributed by atoms with van der Waals surface area (Å²) in [5.41, 5.74) is 2.37. The Labute approximate surface area is 140 Å². The summed E-state index contributed by atoms with van der Waals surface area (Å²) in [6, 6.07) is 8.38. The average Bonchev–Trinajstić information content (AvgIpc) is 2.90. The number of carbonyl (C=O) groups is 1. The van der Waals surface area contributed by atoms with Crippen molar-refractivity contribution in [1.29, 1.82) is 0 Å². The second kappa shape index (κ2) is 7.58. The van der Waals surface area contributed by atoms with Gasteiger partial charge in [0.05, 0.1) is 29.2 Å². The Bertz CT molecular complexity index is 621. The number of aryl methyl sites for hydroxylation is 1. The molecule has 5 heteroatoms. The van der Waals surface area contributed by atoms with Crippen molar-refractivity contribution in [3.05, 3.63) is 52.3 Å². The highest BCUT2D eigenvalue weighted by Crippen LogP contribution is 2.18. The summed E-state index contributed by atoms with van der Waals surface area (Å²) < 4.78 is 2.70. The van der Waals surface area contributed by atoms with Crippen LogP contribution in [0.4, 0.5) is 0 Å². The lowest BCUT2D eigenvalue weighted by molar-refractivity contribution is -0.125. The molecule has 1 aromatic heterocycles. The molecule has 0 aliphatic rings. The van der Waals surface area contributed by atoms with Gasteiger partial charge >= 0.3 is 0 Å². The van der Waals surface area contributed by atoms with Crippen LogP contribution in [-0.4, -0.2) is 15.7 Å². The van der Waals surface area contributed by atoms with Crippen LogP contribution in [0.25, 0.3) is 0 Å². The van der Waals surface area contributed by atoms with Crippen molar-refractivity contribution in [2.45, 2.75) is 39.8 Å². The number of nitrogens with zero attached hydrogens (tertiary/aromatic N) is 2. The van der Waals surface area contributed by atoms with Crippen molar-refractivity contribution < 1.29 is 4.79 Å². The Kier molecular flexibility index (Phi) is 5.77. The number of hydrogen-bond donors (Lipinski definition) is 1. The molecule has 0 aliphatic carbocycles. The molecule has 2 rings (SSSR count). The first-order chi connectivity index (χ1) is 10.5. The SMILES string of the molecule is CCC(NC(=O)C(C)Cn1cc(Br)cn1)c1ccc(C)cc1. The Balaban J connectivity index is 1.97. The molecule has 0 radical (unpaired) electrons. The molecule has 1 amide bonds. The number of halogens is 1. The molecular formula is C17H22BrN3O. The molecule has 0 fully saturated rings. The molecule has 1 aromatic carbocycles. The molecule has 0 aliphatic heterocycles. The summed E-state index contributed by atoms with van der Waals surface area (Å²) >= 11 is 3.36. The van der Waals surface area contributed by atoms with Gasteiger partial charge in [0.1, 0.15) is 0 Å². The number of carbonyl (C=O) groups excluding carboxylic acids is 1. The van der Waals surface area contributed by atoms with Gasteiger partial charge in [-0.2, -0.15) is 5.10 Å². The minimum absolute atomic E-state index is 0.0547. The van der Waals surface area contributed by atoms with E-state index >= 15 is 0 Å². The number of benzene rings is 1. The summed E-state index contributed by atoms with van der Waals surface area (Å²) in [6.07, 6.45) is 4.47. The van der Waals surface area contributed by atoms with Gasteiger partial charge in [-0.25, -0.2) is 0 Å². The van der Waals surface area contributed by atoms with Crippen LogP contribution in [0, 0.1) is 12.8 Å². The lowest BCUT2D eigenvalue weighted by Gasteiger charge is -2.20. The molecule has 2 aromatic rings. The van der Waals surface area contributed by atoms with Gasteiger partial charge in [0, 0.05) is 6.20 Å². The molecule has 1 N–H and O–H groups in total. The van der Waals surface area contributed by atoms with E-state index in [1.54, 1.807) is 10.9 Å². The van der Waals surface area contributed by atoms with Gasteiger partial charge in [-0.1, -0.05) is 43.7 Å². The highest BCUT2D eigenvalue weighted by Gasteiger charge is 2.18. The number of aromatic nitrogens is 2. The summed E-state index contributed by atoms with van der Waals surface area (Å²) in [6.45, 7) is 6.64. The van der Waals surface area contributed by atoms with E-state index < -0.39 is 0 Å². The van der Waals surface area contributed by atoms with E-state index in [-0.39, 0.29) is 17.9 Å². The van der Waals surface area contributed by atoms with E-state index in [2.05, 4.69) is 64.5 Å². The summed E-state index contributed by atoms with van der Waals surface area (Å²) in [5.74, 6) is -0.0784. The Morgan fingerprint density at radius 2 is 2.05 bits per heavy atom. The maximum absolute atomic E-state index is 12.4. The fraction of sp³-hybridized carbons (Fsp3) is 0.412. The molecular weight excluding hydrogens is 342 g/mol. The number of rotatable bonds is 6. The van der Waals surface area contributed by atoms with Crippen molar-refractivity contribution >= 4 is 21.8 Å². The van der Waals surface area contributed by atoms with Gasteiger partial charge in [-0.15, -0.1) is 0 Å². The van der Waals surface area contributed by atoms with Gasteiger partial charge < -0.3 is 5.32 Å². The minimum atomic E-state index is -0.133. The van der Waals surface area contributed by atoms with E-state index in [0.29, 0.717) is 6.54 Å². The van der Waals surface area contributed by atoms with Gasteiger partial charge in [-0.3, -0.25) is 9.48 Å². The third kappa shape index (κ3) is 4.44. The van der Waals surface area contributed by atoms with Crippen LogP contribution in [0.2, 0.25) is 0 Å². The maximum Gasteiger partial charge on any atom is 0.225 e. The zero-order valence-corrected chi connectivity index (χ0v) is 14.8. The maximum atomic E-state index is 12.4. The predicted molar refractivity (Wildman–Crippen MR) is 91.4 cm³/mol. The van der Waals surface area contributed by atoms with Crippen LogP contribution in [-0.2, 0) is 11.3 Å². The molecule has 0 saturated carbocycles. The molecule has 2 unspecified atom stereocenters. The van der Waals surface area contributed by atoms with Crippen molar-refractivity contribution in [2.75, 3.05) is 0 Å². The van der Waals surface area contributed by atoms with Crippen LogP contribution in [0.1, 0.15) is 37.4 Å². The zero-order valence-electron chi connectivity index (χ0n) is 13.2. The van der Waals surface area contributed by atoms with Gasteiger partial charge in [-0.05, 0) is 34.8 Å². The smallest absolute Gasteiger partial charge is 0.225 e. The second-order valence-corrected chi connectivity index (χ2v) is 6.58. The highest BCUT2D eigenvalue weighted by molar-refractivity contribution is 9.10. The number of nitrogens with one attached hydrogen (secondary N) is 1. The fourth-order valence-electron chi connectivity index (χ4n) is 2.34. The van der Waals surface area contributed by atoms with Gasteiger partial charge in [0.2, 0.25) is 5.91 Å². The summed E-state index contributed by atoms with van der Waals surface area (Å²) in [7, 11) is 0. The number of hydrogen-bond acceptors (Lipinski definition) is 2. The van der Waals surface area contributed by atoms with Crippen molar-refractivity contribution in [3.63, 3.8) is 0 Å². The second-order valence-electron chi connectivity index (χ2n) is 5.66. The van der Waals surface area contributed by atoms with Crippen LogP contribution in [0.3, 0.4) is 0 Å². The van der Waals surface area contributed by atoms with Crippen LogP contribution in [0.15, 0.2) is 41.1 Å². The van der Waals surface area contributed by atoms with E-state index in [1.807, 2.05) is 13.1 Å². The van der Waals surface area contributed by atoms with Gasteiger partial charge in [0.25, 0.3) is 0 Å². The lowest BCUT2D eigenvalue weighted by atomic mass is 10.0. The largest absolute Gasteiger partial charge is 0.349 e. The van der Waals surface area contributed by atoms with E-state index in [0.717, 1.165) is 16.5 Å². The van der Waals surface area contributed by atoms with Crippen molar-refractivity contribution in [2.24, 2.45) is 5.92 Å². The third-order valence-electron chi connectivity index (χ3n) is 3.71. The van der Waals surface area contributed by atoms with E-state index in [1.165, 1.54) is 5.56 Å². The van der Waals surface area contributed by atoms with Gasteiger partial charge in [0.15, 0.2) is 0 Å². The quantitative estimate of drug-likeness (QED) is 0.846. The van der Waals surface area contributed by atoms with Crippen molar-refractivity contribution in [3.8, 4) is 0 Å². The summed E-state index contributed by atoms with van der Waals surface area (Å²) in [5, 5.41) is 7.33. The molecule has 0 bridgehead atoms. The molecule has 2 atom stereocenters. The molecule has 22 heavy (non-hydrogen) atoms. The molecule has 4 nitrogen and oxygen atoms in total.